The minimum absolute atomic E-state index is 0.155. The second kappa shape index (κ2) is 10.4. The summed E-state index contributed by atoms with van der Waals surface area (Å²) in [5, 5.41) is 0.683. The third-order valence-corrected chi connectivity index (χ3v) is 5.34. The Morgan fingerprint density at radius 3 is 2.56 bits per heavy atom. The van der Waals surface area contributed by atoms with Crippen LogP contribution in [0.15, 0.2) is 73.1 Å². The Balaban J connectivity index is 1.47. The molecule has 0 radical (unpaired) electrons. The van der Waals surface area contributed by atoms with Crippen LogP contribution in [0.3, 0.4) is 0 Å². The average molecular weight is 457 g/mol. The van der Waals surface area contributed by atoms with Crippen molar-refractivity contribution in [2.24, 2.45) is 0 Å². The molecule has 0 aliphatic carbocycles. The number of para-hydroxylation sites is 2. The number of carbonyl (C=O) groups excluding carboxylic acids is 2. The van der Waals surface area contributed by atoms with Gasteiger partial charge in [-0.25, -0.2) is 4.98 Å². The minimum Gasteiger partial charge on any atom is -0.493 e. The maximum Gasteiger partial charge on any atom is 0.270 e. The van der Waals surface area contributed by atoms with Gasteiger partial charge in [-0.3, -0.25) is 25.4 Å². The maximum absolute atomic E-state index is 13.0. The number of ether oxygens (including phenoxy) is 2. The Hall–Kier alpha value is -4.46. The zero-order chi connectivity index (χ0) is 23.9. The maximum atomic E-state index is 13.0. The van der Waals surface area contributed by atoms with Crippen molar-refractivity contribution in [2.45, 2.75) is 12.8 Å². The standard InChI is InChI=1S/C26H24N4O4/c1-33-23-11-5-7-17(25(23)34-2)12-13-24(31)29-30-26(32)20-15-22(18-8-6-14-27-16-18)28-21-10-4-3-9-19(20)21/h3-11,14-16H,12-13H2,1-2H3,(H,29,31)(H,30,32). The van der Waals surface area contributed by atoms with E-state index in [0.29, 0.717) is 40.1 Å². The molecule has 4 aromatic rings. The average Bonchev–Trinajstić information content (AvgIpc) is 2.89. The van der Waals surface area contributed by atoms with E-state index < -0.39 is 5.91 Å². The van der Waals surface area contributed by atoms with E-state index >= 15 is 0 Å². The van der Waals surface area contributed by atoms with Crippen LogP contribution >= 0.6 is 0 Å². The van der Waals surface area contributed by atoms with Gasteiger partial charge >= 0.3 is 0 Å². The lowest BCUT2D eigenvalue weighted by Gasteiger charge is -2.13. The number of hydrogen-bond donors (Lipinski definition) is 2. The second-order valence-electron chi connectivity index (χ2n) is 7.47. The smallest absolute Gasteiger partial charge is 0.270 e. The van der Waals surface area contributed by atoms with Crippen LogP contribution in [0.5, 0.6) is 11.5 Å². The van der Waals surface area contributed by atoms with Crippen LogP contribution in [0.1, 0.15) is 22.3 Å². The zero-order valence-corrected chi connectivity index (χ0v) is 18.9. The predicted molar refractivity (Wildman–Crippen MR) is 128 cm³/mol. The summed E-state index contributed by atoms with van der Waals surface area (Å²) in [7, 11) is 3.12. The van der Waals surface area contributed by atoms with E-state index in [9.17, 15) is 9.59 Å². The molecule has 2 aromatic carbocycles. The van der Waals surface area contributed by atoms with Crippen LogP contribution in [0.25, 0.3) is 22.2 Å². The van der Waals surface area contributed by atoms with E-state index in [0.717, 1.165) is 11.1 Å². The van der Waals surface area contributed by atoms with Crippen LogP contribution in [0.4, 0.5) is 0 Å². The van der Waals surface area contributed by atoms with Crippen molar-refractivity contribution in [3.63, 3.8) is 0 Å². The molecule has 2 heterocycles. The number of aromatic nitrogens is 2. The first-order valence-electron chi connectivity index (χ1n) is 10.7. The highest BCUT2D eigenvalue weighted by molar-refractivity contribution is 6.07. The van der Waals surface area contributed by atoms with Gasteiger partial charge in [0.2, 0.25) is 5.91 Å². The molecule has 172 valence electrons. The minimum atomic E-state index is -0.434. The lowest BCUT2D eigenvalue weighted by atomic mass is 10.0. The number of pyridine rings is 2. The number of fused-ring (bicyclic) bond motifs is 1. The Kier molecular flexibility index (Phi) is 6.98. The van der Waals surface area contributed by atoms with Crippen LogP contribution in [-0.4, -0.2) is 36.0 Å². The molecule has 0 spiro atoms. The van der Waals surface area contributed by atoms with E-state index in [1.807, 2.05) is 48.5 Å². The number of hydrazine groups is 1. The largest absolute Gasteiger partial charge is 0.493 e. The normalized spacial score (nSPS) is 10.5. The summed E-state index contributed by atoms with van der Waals surface area (Å²) in [6.07, 6.45) is 3.94. The van der Waals surface area contributed by atoms with Gasteiger partial charge in [-0.05, 0) is 42.3 Å². The predicted octanol–water partition coefficient (Wildman–Crippen LogP) is 3.71. The number of hydrogen-bond acceptors (Lipinski definition) is 6. The fraction of sp³-hybridized carbons (Fsp3) is 0.154. The molecule has 34 heavy (non-hydrogen) atoms. The fourth-order valence-corrected chi connectivity index (χ4v) is 3.68. The lowest BCUT2D eigenvalue weighted by Crippen LogP contribution is -2.41. The van der Waals surface area contributed by atoms with E-state index in [1.165, 1.54) is 0 Å². The number of amides is 2. The SMILES string of the molecule is COc1cccc(CCC(=O)NNC(=O)c2cc(-c3cccnc3)nc3ccccc23)c1OC. The summed E-state index contributed by atoms with van der Waals surface area (Å²) in [6, 6.07) is 18.2. The third kappa shape index (κ3) is 4.96. The van der Waals surface area contributed by atoms with Gasteiger partial charge in [0, 0.05) is 29.8 Å². The van der Waals surface area contributed by atoms with Crippen molar-refractivity contribution >= 4 is 22.7 Å². The first-order valence-corrected chi connectivity index (χ1v) is 10.7. The topological polar surface area (TPSA) is 102 Å². The molecular weight excluding hydrogens is 432 g/mol. The first kappa shape index (κ1) is 22.7. The van der Waals surface area contributed by atoms with Crippen molar-refractivity contribution in [3.8, 4) is 22.8 Å². The van der Waals surface area contributed by atoms with Gasteiger partial charge < -0.3 is 9.47 Å². The molecule has 0 fully saturated rings. The molecular formula is C26H24N4O4. The van der Waals surface area contributed by atoms with Crippen molar-refractivity contribution < 1.29 is 19.1 Å². The highest BCUT2D eigenvalue weighted by atomic mass is 16.5. The molecule has 2 amide bonds. The van der Waals surface area contributed by atoms with Gasteiger partial charge in [-0.2, -0.15) is 0 Å². The Bertz CT molecular complexity index is 1330. The summed E-state index contributed by atoms with van der Waals surface area (Å²) >= 11 is 0. The summed E-state index contributed by atoms with van der Waals surface area (Å²) < 4.78 is 10.7. The number of nitrogens with zero attached hydrogens (tertiary/aromatic N) is 2. The Morgan fingerprint density at radius 1 is 0.941 bits per heavy atom. The third-order valence-electron chi connectivity index (χ3n) is 5.34. The molecule has 4 rings (SSSR count). The lowest BCUT2D eigenvalue weighted by molar-refractivity contribution is -0.121. The summed E-state index contributed by atoms with van der Waals surface area (Å²) in [4.78, 5) is 34.2. The fourth-order valence-electron chi connectivity index (χ4n) is 3.68. The van der Waals surface area contributed by atoms with E-state index in [2.05, 4.69) is 20.8 Å². The second-order valence-corrected chi connectivity index (χ2v) is 7.47. The first-order chi connectivity index (χ1) is 16.6. The van der Waals surface area contributed by atoms with Gasteiger partial charge in [-0.15, -0.1) is 0 Å². The molecule has 0 saturated heterocycles. The van der Waals surface area contributed by atoms with Crippen LogP contribution in [-0.2, 0) is 11.2 Å². The summed E-state index contributed by atoms with van der Waals surface area (Å²) in [5.74, 6) is 0.427. The highest BCUT2D eigenvalue weighted by Crippen LogP contribution is 2.31. The van der Waals surface area contributed by atoms with Crippen LogP contribution < -0.4 is 20.3 Å². The molecule has 2 N–H and O–H groups in total. The van der Waals surface area contributed by atoms with Crippen molar-refractivity contribution in [1.29, 1.82) is 0 Å². The molecule has 8 heteroatoms. The van der Waals surface area contributed by atoms with Gasteiger partial charge in [0.1, 0.15) is 0 Å². The van der Waals surface area contributed by atoms with Gasteiger partial charge in [0.15, 0.2) is 11.5 Å². The van der Waals surface area contributed by atoms with Crippen molar-refractivity contribution in [3.05, 3.63) is 84.2 Å². The zero-order valence-electron chi connectivity index (χ0n) is 18.9. The van der Waals surface area contributed by atoms with E-state index in [4.69, 9.17) is 9.47 Å². The number of nitrogens with one attached hydrogen (secondary N) is 2. The number of aryl methyl sites for hydroxylation is 1. The molecule has 8 nitrogen and oxygen atoms in total. The molecule has 0 saturated carbocycles. The quantitative estimate of drug-likeness (QED) is 0.411. The molecule has 0 atom stereocenters. The Morgan fingerprint density at radius 2 is 1.79 bits per heavy atom. The van der Waals surface area contributed by atoms with E-state index in [1.54, 1.807) is 38.7 Å². The van der Waals surface area contributed by atoms with Crippen molar-refractivity contribution in [1.82, 2.24) is 20.8 Å². The van der Waals surface area contributed by atoms with Gasteiger partial charge in [-0.1, -0.05) is 30.3 Å². The van der Waals surface area contributed by atoms with Crippen LogP contribution in [0, 0.1) is 0 Å². The number of rotatable bonds is 7. The summed E-state index contributed by atoms with van der Waals surface area (Å²) in [6.45, 7) is 0. The number of methoxy groups -OCH3 is 2. The van der Waals surface area contributed by atoms with Gasteiger partial charge in [0.25, 0.3) is 5.91 Å². The van der Waals surface area contributed by atoms with Crippen LogP contribution in [0.2, 0.25) is 0 Å². The molecule has 0 bridgehead atoms. The van der Waals surface area contributed by atoms with E-state index in [-0.39, 0.29) is 12.3 Å². The van der Waals surface area contributed by atoms with Gasteiger partial charge in [0.05, 0.1) is 31.0 Å². The van der Waals surface area contributed by atoms with Crippen molar-refractivity contribution in [2.75, 3.05) is 14.2 Å². The Labute approximate surface area is 196 Å². The molecule has 0 aliphatic heterocycles. The molecule has 0 aliphatic rings. The number of carbonyl (C=O) groups is 2. The summed E-state index contributed by atoms with van der Waals surface area (Å²) in [5.41, 5.74) is 8.34. The molecule has 0 unspecified atom stereocenters. The number of benzene rings is 2. The molecule has 2 aromatic heterocycles. The highest BCUT2D eigenvalue weighted by Gasteiger charge is 2.16. The monoisotopic (exact) mass is 456 g/mol.